The van der Waals surface area contributed by atoms with Crippen LogP contribution in [0.3, 0.4) is 0 Å². The lowest BCUT2D eigenvalue weighted by molar-refractivity contribution is -0.384. The maximum atomic E-state index is 10.6. The molecule has 0 amide bonds. The SMILES string of the molecule is O=C(O)/C(=N/O)c1cccc([N+](=O)[O-])c1. The molecule has 7 heteroatoms. The van der Waals surface area contributed by atoms with Crippen LogP contribution in [-0.4, -0.2) is 26.9 Å². The Morgan fingerprint density at radius 2 is 2.13 bits per heavy atom. The molecule has 15 heavy (non-hydrogen) atoms. The van der Waals surface area contributed by atoms with Gasteiger partial charge < -0.3 is 10.3 Å². The first-order valence-electron chi connectivity index (χ1n) is 3.76. The van der Waals surface area contributed by atoms with Crippen LogP contribution in [0.2, 0.25) is 0 Å². The average Bonchev–Trinajstić information content (AvgIpc) is 2.18. The predicted molar refractivity (Wildman–Crippen MR) is 49.1 cm³/mol. The van der Waals surface area contributed by atoms with Crippen LogP contribution < -0.4 is 0 Å². The van der Waals surface area contributed by atoms with E-state index in [1.54, 1.807) is 0 Å². The van der Waals surface area contributed by atoms with Crippen molar-refractivity contribution in [3.05, 3.63) is 39.9 Å². The number of carbonyl (C=O) groups is 1. The summed E-state index contributed by atoms with van der Waals surface area (Å²) in [5, 5.41) is 30.0. The zero-order valence-electron chi connectivity index (χ0n) is 7.32. The van der Waals surface area contributed by atoms with Gasteiger partial charge in [0.1, 0.15) is 0 Å². The van der Waals surface area contributed by atoms with Crippen LogP contribution in [-0.2, 0) is 4.79 Å². The Hall–Kier alpha value is -2.44. The third-order valence-electron chi connectivity index (χ3n) is 1.63. The minimum absolute atomic E-state index is 0.0285. The molecule has 78 valence electrons. The number of hydrogen-bond acceptors (Lipinski definition) is 5. The summed E-state index contributed by atoms with van der Waals surface area (Å²) in [6.07, 6.45) is 0. The van der Waals surface area contributed by atoms with E-state index < -0.39 is 16.6 Å². The molecule has 0 unspecified atom stereocenters. The van der Waals surface area contributed by atoms with Crippen LogP contribution in [0.4, 0.5) is 5.69 Å². The van der Waals surface area contributed by atoms with Crippen LogP contribution >= 0.6 is 0 Å². The van der Waals surface area contributed by atoms with Crippen molar-refractivity contribution in [2.75, 3.05) is 0 Å². The molecule has 1 aromatic rings. The van der Waals surface area contributed by atoms with E-state index in [2.05, 4.69) is 5.16 Å². The molecule has 7 nitrogen and oxygen atoms in total. The first-order valence-corrected chi connectivity index (χ1v) is 3.76. The van der Waals surface area contributed by atoms with E-state index >= 15 is 0 Å². The smallest absolute Gasteiger partial charge is 0.358 e. The van der Waals surface area contributed by atoms with Gasteiger partial charge in [-0.1, -0.05) is 17.3 Å². The maximum absolute atomic E-state index is 10.6. The molecule has 0 aliphatic carbocycles. The van der Waals surface area contributed by atoms with Gasteiger partial charge in [0.05, 0.1) is 4.92 Å². The van der Waals surface area contributed by atoms with Crippen LogP contribution in [0.15, 0.2) is 29.4 Å². The molecule has 0 saturated carbocycles. The molecule has 0 atom stereocenters. The molecule has 0 aliphatic rings. The number of nitro benzene ring substituents is 1. The monoisotopic (exact) mass is 210 g/mol. The van der Waals surface area contributed by atoms with Crippen LogP contribution in [0.1, 0.15) is 5.56 Å². The number of non-ortho nitro benzene ring substituents is 1. The van der Waals surface area contributed by atoms with Gasteiger partial charge in [0, 0.05) is 17.7 Å². The van der Waals surface area contributed by atoms with E-state index in [1.807, 2.05) is 0 Å². The molecule has 0 bridgehead atoms. The van der Waals surface area contributed by atoms with Gasteiger partial charge in [0.2, 0.25) is 0 Å². The van der Waals surface area contributed by atoms with Crippen LogP contribution in [0.5, 0.6) is 0 Å². The fraction of sp³-hybridized carbons (Fsp3) is 0. The quantitative estimate of drug-likeness (QED) is 0.332. The van der Waals surface area contributed by atoms with E-state index in [0.29, 0.717) is 0 Å². The Balaban J connectivity index is 3.21. The van der Waals surface area contributed by atoms with Crippen molar-refractivity contribution in [3.63, 3.8) is 0 Å². The fourth-order valence-electron chi connectivity index (χ4n) is 0.991. The molecule has 0 aliphatic heterocycles. The summed E-state index contributed by atoms with van der Waals surface area (Å²) in [4.78, 5) is 20.3. The summed E-state index contributed by atoms with van der Waals surface area (Å²) in [5.74, 6) is -1.46. The fourth-order valence-corrected chi connectivity index (χ4v) is 0.991. The van der Waals surface area contributed by atoms with E-state index in [9.17, 15) is 14.9 Å². The number of rotatable bonds is 3. The highest BCUT2D eigenvalue weighted by Gasteiger charge is 2.16. The molecule has 0 fully saturated rings. The lowest BCUT2D eigenvalue weighted by atomic mass is 10.1. The second-order valence-corrected chi connectivity index (χ2v) is 2.56. The molecule has 0 saturated heterocycles. The van der Waals surface area contributed by atoms with Gasteiger partial charge in [-0.3, -0.25) is 10.1 Å². The zero-order valence-corrected chi connectivity index (χ0v) is 7.32. The highest BCUT2D eigenvalue weighted by molar-refractivity contribution is 6.42. The van der Waals surface area contributed by atoms with Gasteiger partial charge in [-0.25, -0.2) is 4.79 Å². The predicted octanol–water partition coefficient (Wildman–Crippen LogP) is 0.858. The molecule has 2 N–H and O–H groups in total. The maximum Gasteiger partial charge on any atom is 0.358 e. The molecular weight excluding hydrogens is 204 g/mol. The summed E-state index contributed by atoms with van der Waals surface area (Å²) in [6, 6.07) is 4.83. The summed E-state index contributed by atoms with van der Waals surface area (Å²) in [7, 11) is 0. The summed E-state index contributed by atoms with van der Waals surface area (Å²) < 4.78 is 0. The number of aliphatic carboxylic acids is 1. The average molecular weight is 210 g/mol. The van der Waals surface area contributed by atoms with Gasteiger partial charge in [-0.05, 0) is 0 Å². The lowest BCUT2D eigenvalue weighted by Crippen LogP contribution is -2.14. The number of benzene rings is 1. The number of carboxylic acid groups (broad SMARTS) is 1. The number of hydrogen-bond donors (Lipinski definition) is 2. The van der Waals surface area contributed by atoms with E-state index in [4.69, 9.17) is 10.3 Å². The minimum atomic E-state index is -1.46. The topological polar surface area (TPSA) is 113 Å². The molecule has 0 radical (unpaired) electrons. The highest BCUT2D eigenvalue weighted by Crippen LogP contribution is 2.13. The largest absolute Gasteiger partial charge is 0.476 e. The molecule has 0 spiro atoms. The Kier molecular flexibility index (Phi) is 2.97. The van der Waals surface area contributed by atoms with Gasteiger partial charge in [-0.2, -0.15) is 0 Å². The Morgan fingerprint density at radius 1 is 1.47 bits per heavy atom. The van der Waals surface area contributed by atoms with Crippen molar-refractivity contribution in [3.8, 4) is 0 Å². The van der Waals surface area contributed by atoms with Crippen LogP contribution in [0, 0.1) is 10.1 Å². The third-order valence-corrected chi connectivity index (χ3v) is 1.63. The van der Waals surface area contributed by atoms with E-state index in [-0.39, 0.29) is 11.3 Å². The second-order valence-electron chi connectivity index (χ2n) is 2.56. The second kappa shape index (κ2) is 4.18. The Labute approximate surface area is 83.4 Å². The first kappa shape index (κ1) is 10.6. The van der Waals surface area contributed by atoms with Crippen LogP contribution in [0.25, 0.3) is 0 Å². The number of carboxylic acids is 1. The lowest BCUT2D eigenvalue weighted by Gasteiger charge is -1.98. The minimum Gasteiger partial charge on any atom is -0.476 e. The number of nitrogens with zero attached hydrogens (tertiary/aromatic N) is 2. The summed E-state index contributed by atoms with van der Waals surface area (Å²) in [5.41, 5.74) is -0.937. The molecule has 1 rings (SSSR count). The third kappa shape index (κ3) is 2.27. The standard InChI is InChI=1S/C8H6N2O5/c11-8(12)7(9-13)5-2-1-3-6(4-5)10(14)15/h1-4,13H,(H,11,12)/b9-7+. The summed E-state index contributed by atoms with van der Waals surface area (Å²) >= 11 is 0. The molecular formula is C8H6N2O5. The van der Waals surface area contributed by atoms with Crippen molar-refractivity contribution in [2.24, 2.45) is 5.16 Å². The van der Waals surface area contributed by atoms with E-state index in [0.717, 1.165) is 6.07 Å². The summed E-state index contributed by atoms with van der Waals surface area (Å²) in [6.45, 7) is 0. The van der Waals surface area contributed by atoms with Gasteiger partial charge in [0.25, 0.3) is 5.69 Å². The van der Waals surface area contributed by atoms with E-state index in [1.165, 1.54) is 18.2 Å². The zero-order chi connectivity index (χ0) is 11.4. The highest BCUT2D eigenvalue weighted by atomic mass is 16.6. The van der Waals surface area contributed by atoms with Crippen molar-refractivity contribution in [1.29, 1.82) is 0 Å². The van der Waals surface area contributed by atoms with Crippen molar-refractivity contribution in [1.82, 2.24) is 0 Å². The molecule has 0 heterocycles. The van der Waals surface area contributed by atoms with Crippen molar-refractivity contribution >= 4 is 17.4 Å². The van der Waals surface area contributed by atoms with Crippen molar-refractivity contribution < 1.29 is 20.0 Å². The Morgan fingerprint density at radius 3 is 2.60 bits per heavy atom. The number of oxime groups is 1. The Bertz CT molecular complexity index is 440. The van der Waals surface area contributed by atoms with Gasteiger partial charge in [0.15, 0.2) is 5.71 Å². The normalized spacial score (nSPS) is 11.1. The van der Waals surface area contributed by atoms with Crippen molar-refractivity contribution in [2.45, 2.75) is 0 Å². The molecule has 1 aromatic carbocycles. The van der Waals surface area contributed by atoms with Gasteiger partial charge in [-0.15, -0.1) is 0 Å². The van der Waals surface area contributed by atoms with Gasteiger partial charge >= 0.3 is 5.97 Å². The number of nitro groups is 1. The first-order chi connectivity index (χ1) is 7.06. The molecule has 0 aromatic heterocycles.